The SMILES string of the molecule is CC1(C)CCCC(NS(N)(=O)=O)C1. The predicted octanol–water partition coefficient (Wildman–Crippen LogP) is 0.748. The third-order valence-electron chi connectivity index (χ3n) is 2.54. The van der Waals surface area contributed by atoms with Crippen LogP contribution in [0.4, 0.5) is 0 Å². The van der Waals surface area contributed by atoms with Crippen LogP contribution in [0.1, 0.15) is 39.5 Å². The first kappa shape index (κ1) is 10.9. The van der Waals surface area contributed by atoms with Crippen molar-refractivity contribution in [2.75, 3.05) is 0 Å². The quantitative estimate of drug-likeness (QED) is 0.699. The van der Waals surface area contributed by atoms with Gasteiger partial charge in [-0.1, -0.05) is 20.3 Å². The van der Waals surface area contributed by atoms with Gasteiger partial charge in [0.05, 0.1) is 0 Å². The van der Waals surface area contributed by atoms with Crippen LogP contribution in [0.3, 0.4) is 0 Å². The van der Waals surface area contributed by atoms with Crippen LogP contribution in [0.5, 0.6) is 0 Å². The van der Waals surface area contributed by atoms with Gasteiger partial charge in [-0.15, -0.1) is 0 Å². The van der Waals surface area contributed by atoms with E-state index in [1.165, 1.54) is 0 Å². The van der Waals surface area contributed by atoms with Crippen molar-refractivity contribution >= 4 is 10.2 Å². The van der Waals surface area contributed by atoms with Gasteiger partial charge in [0.1, 0.15) is 0 Å². The lowest BCUT2D eigenvalue weighted by atomic mass is 9.75. The van der Waals surface area contributed by atoms with Gasteiger partial charge < -0.3 is 0 Å². The molecule has 0 bridgehead atoms. The highest BCUT2D eigenvalue weighted by atomic mass is 32.2. The highest BCUT2D eigenvalue weighted by Gasteiger charge is 2.29. The van der Waals surface area contributed by atoms with Crippen LogP contribution in [0.25, 0.3) is 0 Å². The van der Waals surface area contributed by atoms with Crippen molar-refractivity contribution in [3.63, 3.8) is 0 Å². The van der Waals surface area contributed by atoms with E-state index in [1.807, 2.05) is 0 Å². The smallest absolute Gasteiger partial charge is 0.216 e. The average molecular weight is 206 g/mol. The van der Waals surface area contributed by atoms with E-state index in [9.17, 15) is 8.42 Å². The van der Waals surface area contributed by atoms with Crippen LogP contribution in [-0.2, 0) is 10.2 Å². The van der Waals surface area contributed by atoms with Crippen molar-refractivity contribution in [3.8, 4) is 0 Å². The van der Waals surface area contributed by atoms with Gasteiger partial charge in [-0.3, -0.25) is 0 Å². The largest absolute Gasteiger partial charge is 0.274 e. The molecule has 1 atom stereocenters. The fourth-order valence-corrected chi connectivity index (χ4v) is 2.70. The van der Waals surface area contributed by atoms with E-state index in [4.69, 9.17) is 5.14 Å². The molecule has 1 aliphatic carbocycles. The summed E-state index contributed by atoms with van der Waals surface area (Å²) < 4.78 is 24.0. The van der Waals surface area contributed by atoms with Gasteiger partial charge in [-0.05, 0) is 24.7 Å². The molecule has 0 aromatic rings. The molecule has 5 heteroatoms. The third-order valence-corrected chi connectivity index (χ3v) is 3.20. The Morgan fingerprint density at radius 3 is 2.54 bits per heavy atom. The second-order valence-electron chi connectivity index (χ2n) is 4.62. The van der Waals surface area contributed by atoms with E-state index in [2.05, 4.69) is 18.6 Å². The van der Waals surface area contributed by atoms with E-state index in [1.54, 1.807) is 0 Å². The molecule has 0 aliphatic heterocycles. The molecule has 3 N–H and O–H groups in total. The van der Waals surface area contributed by atoms with Crippen LogP contribution in [0, 0.1) is 5.41 Å². The van der Waals surface area contributed by atoms with E-state index in [-0.39, 0.29) is 11.5 Å². The average Bonchev–Trinajstić information content (AvgIpc) is 1.79. The molecule has 0 aromatic carbocycles. The highest BCUT2D eigenvalue weighted by molar-refractivity contribution is 7.87. The molecule has 0 amide bonds. The Bertz CT molecular complexity index is 272. The van der Waals surface area contributed by atoms with E-state index in [0.29, 0.717) is 0 Å². The fourth-order valence-electron chi connectivity index (χ4n) is 2.03. The van der Waals surface area contributed by atoms with Crippen LogP contribution in [0.15, 0.2) is 0 Å². The summed E-state index contributed by atoms with van der Waals surface area (Å²) in [5.74, 6) is 0. The van der Waals surface area contributed by atoms with Crippen LogP contribution in [-0.4, -0.2) is 14.5 Å². The second kappa shape index (κ2) is 3.55. The maximum Gasteiger partial charge on any atom is 0.274 e. The van der Waals surface area contributed by atoms with Gasteiger partial charge in [-0.25, -0.2) is 5.14 Å². The maximum atomic E-state index is 10.8. The molecule has 0 radical (unpaired) electrons. The summed E-state index contributed by atoms with van der Waals surface area (Å²) in [5.41, 5.74) is 0.237. The van der Waals surface area contributed by atoms with E-state index >= 15 is 0 Å². The monoisotopic (exact) mass is 206 g/mol. The van der Waals surface area contributed by atoms with Crippen LogP contribution < -0.4 is 9.86 Å². The van der Waals surface area contributed by atoms with Gasteiger partial charge >= 0.3 is 0 Å². The number of rotatable bonds is 2. The lowest BCUT2D eigenvalue weighted by molar-refractivity contribution is 0.212. The minimum atomic E-state index is -3.52. The third kappa shape index (κ3) is 4.06. The van der Waals surface area contributed by atoms with E-state index in [0.717, 1.165) is 25.7 Å². The molecule has 1 rings (SSSR count). The molecular weight excluding hydrogens is 188 g/mol. The first-order chi connectivity index (χ1) is 5.79. The van der Waals surface area contributed by atoms with Crippen LogP contribution in [0.2, 0.25) is 0 Å². The maximum absolute atomic E-state index is 10.8. The topological polar surface area (TPSA) is 72.2 Å². The molecule has 4 nitrogen and oxygen atoms in total. The van der Waals surface area contributed by atoms with Crippen molar-refractivity contribution in [3.05, 3.63) is 0 Å². The lowest BCUT2D eigenvalue weighted by Gasteiger charge is -2.34. The van der Waals surface area contributed by atoms with Crippen molar-refractivity contribution < 1.29 is 8.42 Å². The fraction of sp³-hybridized carbons (Fsp3) is 1.00. The van der Waals surface area contributed by atoms with Gasteiger partial charge in [0.15, 0.2) is 0 Å². The van der Waals surface area contributed by atoms with E-state index < -0.39 is 10.2 Å². The zero-order chi connectivity index (χ0) is 10.1. The van der Waals surface area contributed by atoms with Crippen molar-refractivity contribution in [1.82, 2.24) is 4.72 Å². The predicted molar refractivity (Wildman–Crippen MR) is 52.3 cm³/mol. The summed E-state index contributed by atoms with van der Waals surface area (Å²) >= 11 is 0. The summed E-state index contributed by atoms with van der Waals surface area (Å²) in [5, 5.41) is 4.92. The Morgan fingerprint density at radius 1 is 1.46 bits per heavy atom. The Kier molecular flexibility index (Phi) is 2.99. The summed E-state index contributed by atoms with van der Waals surface area (Å²) in [7, 11) is -3.52. The summed E-state index contributed by atoms with van der Waals surface area (Å²) in [6, 6.07) is 0.0266. The molecule has 1 aliphatic rings. The van der Waals surface area contributed by atoms with Crippen molar-refractivity contribution in [1.29, 1.82) is 0 Å². The normalized spacial score (nSPS) is 28.7. The Morgan fingerprint density at radius 2 is 2.08 bits per heavy atom. The molecule has 0 heterocycles. The lowest BCUT2D eigenvalue weighted by Crippen LogP contribution is -2.43. The summed E-state index contributed by atoms with van der Waals surface area (Å²) in [6.07, 6.45) is 4.01. The van der Waals surface area contributed by atoms with Gasteiger partial charge in [0.25, 0.3) is 10.2 Å². The molecular formula is C8H18N2O2S. The number of hydrogen-bond donors (Lipinski definition) is 2. The van der Waals surface area contributed by atoms with Crippen molar-refractivity contribution in [2.24, 2.45) is 10.6 Å². The Labute approximate surface area is 80.1 Å². The van der Waals surface area contributed by atoms with Gasteiger partial charge in [0, 0.05) is 6.04 Å². The highest BCUT2D eigenvalue weighted by Crippen LogP contribution is 2.35. The second-order valence-corrected chi connectivity index (χ2v) is 5.95. The molecule has 0 saturated heterocycles. The standard InChI is InChI=1S/C8H18N2O2S/c1-8(2)5-3-4-7(6-8)10-13(9,11)12/h7,10H,3-6H2,1-2H3,(H2,9,11,12). The Balaban J connectivity index is 2.53. The molecule has 0 spiro atoms. The van der Waals surface area contributed by atoms with Crippen LogP contribution >= 0.6 is 0 Å². The molecule has 0 aromatic heterocycles. The zero-order valence-corrected chi connectivity index (χ0v) is 9.02. The first-order valence-electron chi connectivity index (χ1n) is 4.59. The summed E-state index contributed by atoms with van der Waals surface area (Å²) in [6.45, 7) is 4.31. The number of hydrogen-bond acceptors (Lipinski definition) is 2. The number of nitrogens with one attached hydrogen (secondary N) is 1. The molecule has 78 valence electrons. The van der Waals surface area contributed by atoms with Gasteiger partial charge in [-0.2, -0.15) is 13.1 Å². The minimum absolute atomic E-state index is 0.0266. The first-order valence-corrected chi connectivity index (χ1v) is 6.13. The Hall–Kier alpha value is -0.130. The zero-order valence-electron chi connectivity index (χ0n) is 8.21. The van der Waals surface area contributed by atoms with Gasteiger partial charge in [0.2, 0.25) is 0 Å². The molecule has 1 saturated carbocycles. The summed E-state index contributed by atoms with van der Waals surface area (Å²) in [4.78, 5) is 0. The molecule has 1 unspecified atom stereocenters. The molecule has 1 fully saturated rings. The number of nitrogens with two attached hydrogens (primary N) is 1. The minimum Gasteiger partial charge on any atom is -0.216 e. The molecule has 13 heavy (non-hydrogen) atoms. The van der Waals surface area contributed by atoms with Crippen molar-refractivity contribution in [2.45, 2.75) is 45.6 Å².